The summed E-state index contributed by atoms with van der Waals surface area (Å²) in [6.45, 7) is 2.41. The maximum absolute atomic E-state index is 5.45. The monoisotopic (exact) mass is 162 g/mol. The van der Waals surface area contributed by atoms with Gasteiger partial charge in [-0.15, -0.1) is 0 Å². The highest BCUT2D eigenvalue weighted by Crippen LogP contribution is 2.03. The quantitative estimate of drug-likeness (QED) is 0.664. The molecule has 0 amide bonds. The fourth-order valence-corrected chi connectivity index (χ4v) is 1.13. The molecule has 0 aliphatic rings. The van der Waals surface area contributed by atoms with E-state index in [0.29, 0.717) is 6.54 Å². The van der Waals surface area contributed by atoms with Gasteiger partial charge in [0.05, 0.1) is 17.6 Å². The number of fused-ring (bicyclic) bond motifs is 1. The number of nitrogens with zero attached hydrogens (tertiary/aromatic N) is 3. The van der Waals surface area contributed by atoms with E-state index in [1.165, 1.54) is 0 Å². The molecule has 2 heterocycles. The first-order valence-corrected chi connectivity index (χ1v) is 3.81. The van der Waals surface area contributed by atoms with Crippen LogP contribution in [0.15, 0.2) is 18.3 Å². The molecule has 0 fully saturated rings. The average molecular weight is 162 g/mol. The van der Waals surface area contributed by atoms with Crippen molar-refractivity contribution in [3.8, 4) is 0 Å². The molecule has 4 nitrogen and oxygen atoms in total. The van der Waals surface area contributed by atoms with Crippen molar-refractivity contribution in [3.05, 3.63) is 29.7 Å². The molecule has 0 bridgehead atoms. The molecule has 0 saturated carbocycles. The molecule has 4 heteroatoms. The van der Waals surface area contributed by atoms with Crippen LogP contribution in [0.5, 0.6) is 0 Å². The summed E-state index contributed by atoms with van der Waals surface area (Å²) in [6.07, 6.45) is 1.85. The zero-order valence-electron chi connectivity index (χ0n) is 6.86. The molecule has 0 spiro atoms. The standard InChI is InChI=1S/C8H10N4/c1-6-2-3-8-10-7(4-9)5-12(8)11-6/h2-3,5H,4,9H2,1H3. The Morgan fingerprint density at radius 1 is 1.50 bits per heavy atom. The Balaban J connectivity index is 2.67. The van der Waals surface area contributed by atoms with E-state index in [4.69, 9.17) is 5.73 Å². The summed E-state index contributed by atoms with van der Waals surface area (Å²) in [5.74, 6) is 0. The molecule has 0 aromatic carbocycles. The lowest BCUT2D eigenvalue weighted by atomic mass is 10.4. The molecule has 0 unspecified atom stereocenters. The summed E-state index contributed by atoms with van der Waals surface area (Å²) in [4.78, 5) is 4.25. The van der Waals surface area contributed by atoms with Gasteiger partial charge in [0, 0.05) is 6.54 Å². The van der Waals surface area contributed by atoms with Crippen molar-refractivity contribution in [1.29, 1.82) is 0 Å². The van der Waals surface area contributed by atoms with Crippen LogP contribution >= 0.6 is 0 Å². The predicted octanol–water partition coefficient (Wildman–Crippen LogP) is 0.496. The lowest BCUT2D eigenvalue weighted by molar-refractivity contribution is 0.896. The third-order valence-corrected chi connectivity index (χ3v) is 1.71. The van der Waals surface area contributed by atoms with E-state index in [1.54, 1.807) is 4.52 Å². The maximum atomic E-state index is 5.45. The van der Waals surface area contributed by atoms with Crippen LogP contribution in [0, 0.1) is 6.92 Å². The second kappa shape index (κ2) is 2.57. The van der Waals surface area contributed by atoms with E-state index in [-0.39, 0.29) is 0 Å². The van der Waals surface area contributed by atoms with Gasteiger partial charge in [-0.2, -0.15) is 5.10 Å². The van der Waals surface area contributed by atoms with E-state index in [0.717, 1.165) is 17.0 Å². The topological polar surface area (TPSA) is 56.2 Å². The Labute approximate surface area is 70.0 Å². The number of aromatic nitrogens is 3. The van der Waals surface area contributed by atoms with Crippen LogP contribution in [-0.4, -0.2) is 14.6 Å². The van der Waals surface area contributed by atoms with Crippen LogP contribution in [0.25, 0.3) is 5.65 Å². The van der Waals surface area contributed by atoms with E-state index < -0.39 is 0 Å². The lowest BCUT2D eigenvalue weighted by Crippen LogP contribution is -1.95. The first-order valence-electron chi connectivity index (χ1n) is 3.81. The number of aryl methyl sites for hydroxylation is 1. The molecule has 2 rings (SSSR count). The van der Waals surface area contributed by atoms with E-state index >= 15 is 0 Å². The van der Waals surface area contributed by atoms with Gasteiger partial charge in [-0.25, -0.2) is 9.50 Å². The van der Waals surface area contributed by atoms with Gasteiger partial charge < -0.3 is 5.73 Å². The predicted molar refractivity (Wildman–Crippen MR) is 45.6 cm³/mol. The molecule has 0 radical (unpaired) electrons. The number of nitrogens with two attached hydrogens (primary N) is 1. The first kappa shape index (κ1) is 7.24. The second-order valence-electron chi connectivity index (χ2n) is 2.71. The summed E-state index contributed by atoms with van der Waals surface area (Å²) < 4.78 is 1.75. The molecule has 2 aromatic rings. The molecule has 2 aromatic heterocycles. The van der Waals surface area contributed by atoms with Gasteiger partial charge in [0.15, 0.2) is 5.65 Å². The van der Waals surface area contributed by atoms with Crippen molar-refractivity contribution < 1.29 is 0 Å². The number of rotatable bonds is 1. The van der Waals surface area contributed by atoms with Crippen molar-refractivity contribution in [2.45, 2.75) is 13.5 Å². The van der Waals surface area contributed by atoms with Crippen LogP contribution in [0.4, 0.5) is 0 Å². The van der Waals surface area contributed by atoms with Gasteiger partial charge in [-0.1, -0.05) is 0 Å². The smallest absolute Gasteiger partial charge is 0.153 e. The Hall–Kier alpha value is -1.42. The third kappa shape index (κ3) is 1.06. The van der Waals surface area contributed by atoms with Crippen LogP contribution < -0.4 is 5.73 Å². The molecule has 0 aliphatic carbocycles. The van der Waals surface area contributed by atoms with Gasteiger partial charge in [0.2, 0.25) is 0 Å². The van der Waals surface area contributed by atoms with E-state index in [1.807, 2.05) is 25.3 Å². The minimum atomic E-state index is 0.461. The molecule has 2 N–H and O–H groups in total. The maximum Gasteiger partial charge on any atom is 0.153 e. The molecular weight excluding hydrogens is 152 g/mol. The van der Waals surface area contributed by atoms with Crippen LogP contribution in [0.1, 0.15) is 11.4 Å². The SMILES string of the molecule is Cc1ccc2nc(CN)cn2n1. The fourth-order valence-electron chi connectivity index (χ4n) is 1.13. The zero-order valence-corrected chi connectivity index (χ0v) is 6.86. The van der Waals surface area contributed by atoms with Crippen molar-refractivity contribution in [2.75, 3.05) is 0 Å². The lowest BCUT2D eigenvalue weighted by Gasteiger charge is -1.91. The fraction of sp³-hybridized carbons (Fsp3) is 0.250. The first-order chi connectivity index (χ1) is 5.79. The second-order valence-corrected chi connectivity index (χ2v) is 2.71. The zero-order chi connectivity index (χ0) is 8.55. The minimum absolute atomic E-state index is 0.461. The Kier molecular flexibility index (Phi) is 1.55. The van der Waals surface area contributed by atoms with Crippen LogP contribution in [0.3, 0.4) is 0 Å². The molecule has 0 aliphatic heterocycles. The Morgan fingerprint density at radius 3 is 3.08 bits per heavy atom. The molecule has 0 atom stereocenters. The summed E-state index contributed by atoms with van der Waals surface area (Å²) in [6, 6.07) is 3.87. The van der Waals surface area contributed by atoms with Crippen molar-refractivity contribution in [1.82, 2.24) is 14.6 Å². The van der Waals surface area contributed by atoms with Crippen molar-refractivity contribution in [2.24, 2.45) is 5.73 Å². The van der Waals surface area contributed by atoms with Gasteiger partial charge in [0.25, 0.3) is 0 Å². The van der Waals surface area contributed by atoms with E-state index in [9.17, 15) is 0 Å². The summed E-state index contributed by atoms with van der Waals surface area (Å²) in [7, 11) is 0. The van der Waals surface area contributed by atoms with Gasteiger partial charge in [0.1, 0.15) is 0 Å². The van der Waals surface area contributed by atoms with Crippen LogP contribution in [-0.2, 0) is 6.54 Å². The minimum Gasteiger partial charge on any atom is -0.325 e. The Morgan fingerprint density at radius 2 is 2.33 bits per heavy atom. The molecular formula is C8H10N4. The highest BCUT2D eigenvalue weighted by molar-refractivity contribution is 5.38. The molecule has 0 saturated heterocycles. The number of hydrogen-bond donors (Lipinski definition) is 1. The average Bonchev–Trinajstić information content (AvgIpc) is 2.46. The summed E-state index contributed by atoms with van der Waals surface area (Å²) >= 11 is 0. The number of hydrogen-bond acceptors (Lipinski definition) is 3. The largest absolute Gasteiger partial charge is 0.325 e. The third-order valence-electron chi connectivity index (χ3n) is 1.71. The van der Waals surface area contributed by atoms with Gasteiger partial charge in [-0.05, 0) is 19.1 Å². The van der Waals surface area contributed by atoms with Gasteiger partial charge >= 0.3 is 0 Å². The summed E-state index contributed by atoms with van der Waals surface area (Å²) in [5, 5.41) is 4.24. The van der Waals surface area contributed by atoms with E-state index in [2.05, 4.69) is 10.1 Å². The number of imidazole rings is 1. The van der Waals surface area contributed by atoms with Gasteiger partial charge in [-0.3, -0.25) is 0 Å². The highest BCUT2D eigenvalue weighted by atomic mass is 15.2. The molecule has 62 valence electrons. The van der Waals surface area contributed by atoms with Crippen LogP contribution in [0.2, 0.25) is 0 Å². The highest BCUT2D eigenvalue weighted by Gasteiger charge is 1.99. The normalized spacial score (nSPS) is 10.8. The summed E-state index contributed by atoms with van der Waals surface area (Å²) in [5.41, 5.74) is 8.14. The Bertz CT molecular complexity index is 404. The molecule has 12 heavy (non-hydrogen) atoms. The van der Waals surface area contributed by atoms with Crippen molar-refractivity contribution in [3.63, 3.8) is 0 Å². The van der Waals surface area contributed by atoms with Crippen molar-refractivity contribution >= 4 is 5.65 Å².